The maximum atomic E-state index is 12.9. The Morgan fingerprint density at radius 1 is 1.08 bits per heavy atom. The van der Waals surface area contributed by atoms with Crippen LogP contribution < -0.4 is 5.32 Å². The first-order valence-corrected chi connectivity index (χ1v) is 9.29. The van der Waals surface area contributed by atoms with E-state index in [1.807, 2.05) is 30.1 Å². The highest BCUT2D eigenvalue weighted by Crippen LogP contribution is 2.32. The maximum absolute atomic E-state index is 12.9. The minimum Gasteiger partial charge on any atom is -0.338 e. The number of nitrogens with one attached hydrogen (secondary N) is 1. The van der Waals surface area contributed by atoms with Crippen molar-refractivity contribution in [3.63, 3.8) is 0 Å². The predicted octanol–water partition coefficient (Wildman–Crippen LogP) is 4.86. The molecule has 1 saturated heterocycles. The standard InChI is InChI=1S/C19H19Cl3N2O/c1-24(19(25)12-2-5-14(20)6-3-12)18-8-9-23-11-15(18)13-4-7-16(21)17(22)10-13/h2-7,10,15,18,23H,8-9,11H2,1H3/t15-,18+/m0/s1. The lowest BCUT2D eigenvalue weighted by Crippen LogP contribution is -2.49. The number of hydrogen-bond acceptors (Lipinski definition) is 2. The highest BCUT2D eigenvalue weighted by Gasteiger charge is 2.32. The fourth-order valence-electron chi connectivity index (χ4n) is 3.34. The molecule has 2 atom stereocenters. The first kappa shape index (κ1) is 18.5. The van der Waals surface area contributed by atoms with Gasteiger partial charge in [0.05, 0.1) is 10.0 Å². The molecule has 0 saturated carbocycles. The Morgan fingerprint density at radius 2 is 1.80 bits per heavy atom. The minimum atomic E-state index is -0.00590. The third kappa shape index (κ3) is 4.12. The Kier molecular flexibility index (Phi) is 5.90. The number of carbonyl (C=O) groups is 1. The van der Waals surface area contributed by atoms with Crippen molar-refractivity contribution in [3.8, 4) is 0 Å². The number of halogens is 3. The molecule has 0 radical (unpaired) electrons. The van der Waals surface area contributed by atoms with Gasteiger partial charge in [0, 0.05) is 36.1 Å². The van der Waals surface area contributed by atoms with Crippen molar-refractivity contribution in [2.24, 2.45) is 0 Å². The van der Waals surface area contributed by atoms with Crippen LogP contribution in [0.4, 0.5) is 0 Å². The van der Waals surface area contributed by atoms with E-state index in [1.165, 1.54) is 0 Å². The summed E-state index contributed by atoms with van der Waals surface area (Å²) < 4.78 is 0. The summed E-state index contributed by atoms with van der Waals surface area (Å²) in [4.78, 5) is 14.7. The molecule has 3 rings (SSSR count). The molecule has 1 N–H and O–H groups in total. The highest BCUT2D eigenvalue weighted by molar-refractivity contribution is 6.42. The summed E-state index contributed by atoms with van der Waals surface area (Å²) in [6.45, 7) is 1.67. The van der Waals surface area contributed by atoms with Crippen LogP contribution in [0.1, 0.15) is 28.3 Å². The average Bonchev–Trinajstić information content (AvgIpc) is 2.63. The van der Waals surface area contributed by atoms with Crippen LogP contribution in [0, 0.1) is 0 Å². The van der Waals surface area contributed by atoms with Crippen molar-refractivity contribution >= 4 is 40.7 Å². The topological polar surface area (TPSA) is 32.3 Å². The number of rotatable bonds is 3. The van der Waals surface area contributed by atoms with Gasteiger partial charge in [-0.1, -0.05) is 40.9 Å². The average molecular weight is 398 g/mol. The lowest BCUT2D eigenvalue weighted by molar-refractivity contribution is 0.0679. The number of piperidine rings is 1. The summed E-state index contributed by atoms with van der Waals surface area (Å²) in [5.41, 5.74) is 1.72. The molecule has 25 heavy (non-hydrogen) atoms. The molecule has 1 fully saturated rings. The lowest BCUT2D eigenvalue weighted by Gasteiger charge is -2.39. The van der Waals surface area contributed by atoms with Gasteiger partial charge < -0.3 is 10.2 Å². The SMILES string of the molecule is CN(C(=O)c1ccc(Cl)cc1)[C@@H]1CCNC[C@H]1c1ccc(Cl)c(Cl)c1. The summed E-state index contributed by atoms with van der Waals surface area (Å²) >= 11 is 18.1. The van der Waals surface area contributed by atoms with Gasteiger partial charge in [0.2, 0.25) is 0 Å². The lowest BCUT2D eigenvalue weighted by atomic mass is 9.85. The van der Waals surface area contributed by atoms with E-state index in [9.17, 15) is 4.79 Å². The molecule has 1 amide bonds. The normalized spacial score (nSPS) is 20.3. The Balaban J connectivity index is 1.85. The van der Waals surface area contributed by atoms with Gasteiger partial charge in [-0.3, -0.25) is 4.79 Å². The third-order valence-corrected chi connectivity index (χ3v) is 5.72. The number of likely N-dealkylation sites (N-methyl/N-ethyl adjacent to an activating group) is 1. The van der Waals surface area contributed by atoms with Gasteiger partial charge in [0.25, 0.3) is 5.91 Å². The van der Waals surface area contributed by atoms with Gasteiger partial charge in [-0.2, -0.15) is 0 Å². The van der Waals surface area contributed by atoms with E-state index in [2.05, 4.69) is 5.32 Å². The molecule has 3 nitrogen and oxygen atoms in total. The van der Waals surface area contributed by atoms with Crippen molar-refractivity contribution in [1.82, 2.24) is 10.2 Å². The first-order chi connectivity index (χ1) is 12.0. The largest absolute Gasteiger partial charge is 0.338 e. The van der Waals surface area contributed by atoms with E-state index in [1.54, 1.807) is 24.3 Å². The Morgan fingerprint density at radius 3 is 2.48 bits per heavy atom. The molecule has 2 aromatic rings. The predicted molar refractivity (Wildman–Crippen MR) is 104 cm³/mol. The molecular weight excluding hydrogens is 379 g/mol. The Labute approximate surface area is 162 Å². The van der Waals surface area contributed by atoms with Crippen LogP contribution in [0.15, 0.2) is 42.5 Å². The van der Waals surface area contributed by atoms with Crippen LogP contribution in [0.5, 0.6) is 0 Å². The van der Waals surface area contributed by atoms with E-state index in [0.717, 1.165) is 25.1 Å². The fourth-order valence-corrected chi connectivity index (χ4v) is 3.77. The second kappa shape index (κ2) is 7.96. The van der Waals surface area contributed by atoms with Gasteiger partial charge in [0.1, 0.15) is 0 Å². The number of benzene rings is 2. The number of carbonyl (C=O) groups excluding carboxylic acids is 1. The van der Waals surface area contributed by atoms with Crippen molar-refractivity contribution in [2.75, 3.05) is 20.1 Å². The summed E-state index contributed by atoms with van der Waals surface area (Å²) in [5, 5.41) is 5.10. The monoisotopic (exact) mass is 396 g/mol. The van der Waals surface area contributed by atoms with Gasteiger partial charge in [-0.25, -0.2) is 0 Å². The van der Waals surface area contributed by atoms with Gasteiger partial charge in [-0.15, -0.1) is 0 Å². The minimum absolute atomic E-state index is 0.00590. The molecule has 0 aromatic heterocycles. The van der Waals surface area contributed by atoms with Gasteiger partial charge in [0.15, 0.2) is 0 Å². The summed E-state index contributed by atoms with van der Waals surface area (Å²) in [5.74, 6) is 0.151. The zero-order valence-corrected chi connectivity index (χ0v) is 16.1. The van der Waals surface area contributed by atoms with Crippen LogP contribution in [0.2, 0.25) is 15.1 Å². The molecule has 0 aliphatic carbocycles. The molecular formula is C19H19Cl3N2O. The van der Waals surface area contributed by atoms with Crippen molar-refractivity contribution < 1.29 is 4.79 Å². The number of hydrogen-bond donors (Lipinski definition) is 1. The van der Waals surface area contributed by atoms with E-state index in [4.69, 9.17) is 34.8 Å². The molecule has 1 aliphatic heterocycles. The maximum Gasteiger partial charge on any atom is 0.253 e. The van der Waals surface area contributed by atoms with Crippen LogP contribution in [0.3, 0.4) is 0 Å². The molecule has 2 aromatic carbocycles. The van der Waals surface area contributed by atoms with Gasteiger partial charge >= 0.3 is 0 Å². The molecule has 132 valence electrons. The van der Waals surface area contributed by atoms with Crippen LogP contribution in [-0.2, 0) is 0 Å². The second-order valence-electron chi connectivity index (χ2n) is 6.26. The zero-order valence-electron chi connectivity index (χ0n) is 13.8. The third-order valence-electron chi connectivity index (χ3n) is 4.73. The molecule has 6 heteroatoms. The molecule has 1 aliphatic rings. The number of amides is 1. The Hall–Kier alpha value is -1.26. The van der Waals surface area contributed by atoms with Crippen LogP contribution in [0.25, 0.3) is 0 Å². The van der Waals surface area contributed by atoms with Gasteiger partial charge in [-0.05, 0) is 54.9 Å². The van der Waals surface area contributed by atoms with Crippen molar-refractivity contribution in [3.05, 3.63) is 68.7 Å². The fraction of sp³-hybridized carbons (Fsp3) is 0.316. The van der Waals surface area contributed by atoms with Crippen molar-refractivity contribution in [1.29, 1.82) is 0 Å². The molecule has 0 spiro atoms. The van der Waals surface area contributed by atoms with E-state index in [-0.39, 0.29) is 17.9 Å². The highest BCUT2D eigenvalue weighted by atomic mass is 35.5. The van der Waals surface area contributed by atoms with Crippen LogP contribution >= 0.6 is 34.8 Å². The Bertz CT molecular complexity index is 764. The molecule has 0 bridgehead atoms. The second-order valence-corrected chi connectivity index (χ2v) is 7.51. The zero-order chi connectivity index (χ0) is 18.0. The summed E-state index contributed by atoms with van der Waals surface area (Å²) in [7, 11) is 1.86. The van der Waals surface area contributed by atoms with E-state index >= 15 is 0 Å². The smallest absolute Gasteiger partial charge is 0.253 e. The van der Waals surface area contributed by atoms with E-state index < -0.39 is 0 Å². The quantitative estimate of drug-likeness (QED) is 0.802. The first-order valence-electron chi connectivity index (χ1n) is 8.16. The van der Waals surface area contributed by atoms with Crippen LogP contribution in [-0.4, -0.2) is 37.0 Å². The number of nitrogens with zero attached hydrogens (tertiary/aromatic N) is 1. The summed E-state index contributed by atoms with van der Waals surface area (Å²) in [6, 6.07) is 12.8. The molecule has 0 unspecified atom stereocenters. The van der Waals surface area contributed by atoms with Crippen molar-refractivity contribution in [2.45, 2.75) is 18.4 Å². The summed E-state index contributed by atoms with van der Waals surface area (Å²) in [6.07, 6.45) is 0.876. The van der Waals surface area contributed by atoms with E-state index in [0.29, 0.717) is 20.6 Å². The molecule has 1 heterocycles.